The van der Waals surface area contributed by atoms with Gasteiger partial charge in [-0.2, -0.15) is 0 Å². The number of furan rings is 1. The minimum atomic E-state index is 0.0123. The van der Waals surface area contributed by atoms with E-state index in [1.807, 2.05) is 0 Å². The Hall–Kier alpha value is -6.78. The molecule has 4 heteroatoms. The summed E-state index contributed by atoms with van der Waals surface area (Å²) < 4.78 is 6.58. The van der Waals surface area contributed by atoms with Crippen molar-refractivity contribution in [2.24, 2.45) is 0 Å². The molecule has 0 bridgehead atoms. The van der Waals surface area contributed by atoms with Crippen LogP contribution in [0.25, 0.3) is 44.2 Å². The summed E-state index contributed by atoms with van der Waals surface area (Å²) in [7, 11) is 0. The lowest BCUT2D eigenvalue weighted by atomic mass is 9.33. The van der Waals surface area contributed by atoms with Gasteiger partial charge in [-0.05, 0) is 153 Å². The van der Waals surface area contributed by atoms with Crippen LogP contribution in [0.4, 0.5) is 34.1 Å². The van der Waals surface area contributed by atoms with Crippen LogP contribution in [0.2, 0.25) is 0 Å². The van der Waals surface area contributed by atoms with Gasteiger partial charge in [0.25, 0.3) is 6.71 Å². The molecule has 2 aliphatic heterocycles. The molecule has 3 heterocycles. The van der Waals surface area contributed by atoms with Crippen molar-refractivity contribution in [2.75, 3.05) is 9.80 Å². The van der Waals surface area contributed by atoms with Gasteiger partial charge in [0.1, 0.15) is 11.2 Å². The van der Waals surface area contributed by atoms with Crippen molar-refractivity contribution in [1.29, 1.82) is 0 Å². The second-order valence-corrected chi connectivity index (χ2v) is 19.3. The second-order valence-electron chi connectivity index (χ2n) is 19.3. The SMILES string of the molecule is Cc1cc2c3c(c1)N(c1cccc4oc5ccccc5c14)c1cc(-c4ccccc4)ccc1B3c1cc3c(cc1N2c1ccc(-c2ccccc2)cc1C)C(C)(C)CCC3(C)C. The van der Waals surface area contributed by atoms with Crippen molar-refractivity contribution in [3.63, 3.8) is 0 Å². The molecule has 9 aromatic rings. The highest BCUT2D eigenvalue weighted by Crippen LogP contribution is 2.52. The molecule has 0 N–H and O–H groups in total. The zero-order valence-electron chi connectivity index (χ0n) is 36.4. The van der Waals surface area contributed by atoms with E-state index in [4.69, 9.17) is 4.42 Å². The van der Waals surface area contributed by atoms with E-state index in [0.29, 0.717) is 0 Å². The van der Waals surface area contributed by atoms with Crippen LogP contribution >= 0.6 is 0 Å². The Morgan fingerprint density at radius 1 is 0.452 bits per heavy atom. The molecule has 0 saturated carbocycles. The zero-order chi connectivity index (χ0) is 42.1. The van der Waals surface area contributed by atoms with Crippen LogP contribution < -0.4 is 26.2 Å². The van der Waals surface area contributed by atoms with Crippen molar-refractivity contribution in [3.8, 4) is 22.3 Å². The molecule has 0 fully saturated rings. The number of anilines is 6. The Morgan fingerprint density at radius 2 is 1.03 bits per heavy atom. The summed E-state index contributed by atoms with van der Waals surface area (Å²) in [5.74, 6) is 0. The lowest BCUT2D eigenvalue weighted by Crippen LogP contribution is -2.62. The molecular weight excluding hydrogens is 751 g/mol. The van der Waals surface area contributed by atoms with E-state index in [9.17, 15) is 0 Å². The minimum absolute atomic E-state index is 0.0123. The molecule has 0 atom stereocenters. The Balaban J connectivity index is 1.19. The van der Waals surface area contributed by atoms with Gasteiger partial charge in [0.05, 0.1) is 11.1 Å². The van der Waals surface area contributed by atoms with Crippen molar-refractivity contribution >= 4 is 79.2 Å². The highest BCUT2D eigenvalue weighted by Gasteiger charge is 2.47. The molecular formula is C58H49BN2O. The summed E-state index contributed by atoms with van der Waals surface area (Å²) in [4.78, 5) is 5.18. The van der Waals surface area contributed by atoms with Gasteiger partial charge in [-0.3, -0.25) is 0 Å². The topological polar surface area (TPSA) is 19.6 Å². The van der Waals surface area contributed by atoms with Crippen molar-refractivity contribution in [1.82, 2.24) is 0 Å². The van der Waals surface area contributed by atoms with Crippen molar-refractivity contribution in [2.45, 2.75) is 65.2 Å². The number of aryl methyl sites for hydroxylation is 2. The average molecular weight is 801 g/mol. The molecule has 62 heavy (non-hydrogen) atoms. The molecule has 0 radical (unpaired) electrons. The van der Waals surface area contributed by atoms with E-state index in [-0.39, 0.29) is 17.5 Å². The molecule has 0 unspecified atom stereocenters. The van der Waals surface area contributed by atoms with E-state index in [1.165, 1.54) is 89.3 Å². The predicted octanol–water partition coefficient (Wildman–Crippen LogP) is 14.0. The first-order valence-electron chi connectivity index (χ1n) is 22.3. The Bertz CT molecular complexity index is 3290. The summed E-state index contributed by atoms with van der Waals surface area (Å²) in [6.07, 6.45) is 2.32. The van der Waals surface area contributed by atoms with Crippen LogP contribution in [-0.2, 0) is 10.8 Å². The predicted molar refractivity (Wildman–Crippen MR) is 263 cm³/mol. The standard InChI is InChI=1S/C58H49BN2O/c1-36-30-51-56-52(31-36)61(48-21-15-23-54-55(48)42-20-13-14-22-53(42)62-54)49-33-41(39-18-11-8-12-19-39)24-26-45(49)59(56)46-34-43-44(58(5,6)29-28-57(43,3)4)35-50(46)60(51)47-27-25-40(32-37(47)2)38-16-9-7-10-17-38/h7-27,30-35H,28-29H2,1-6H3. The van der Waals surface area contributed by atoms with Gasteiger partial charge in [-0.1, -0.05) is 137 Å². The third-order valence-electron chi connectivity index (χ3n) is 14.5. The molecule has 12 rings (SSSR count). The summed E-state index contributed by atoms with van der Waals surface area (Å²) in [6.45, 7) is 14.4. The van der Waals surface area contributed by atoms with E-state index in [0.717, 1.165) is 40.5 Å². The normalized spacial score (nSPS) is 15.6. The van der Waals surface area contributed by atoms with E-state index in [1.54, 1.807) is 0 Å². The molecule has 1 aromatic heterocycles. The average Bonchev–Trinajstić information content (AvgIpc) is 3.67. The summed E-state index contributed by atoms with van der Waals surface area (Å²) >= 11 is 0. The highest BCUT2D eigenvalue weighted by molar-refractivity contribution is 7.00. The van der Waals surface area contributed by atoms with Crippen LogP contribution in [0.5, 0.6) is 0 Å². The highest BCUT2D eigenvalue weighted by atomic mass is 16.3. The lowest BCUT2D eigenvalue weighted by molar-refractivity contribution is 0.332. The lowest BCUT2D eigenvalue weighted by Gasteiger charge is -2.47. The smallest absolute Gasteiger partial charge is 0.252 e. The maximum absolute atomic E-state index is 6.58. The maximum Gasteiger partial charge on any atom is 0.252 e. The third kappa shape index (κ3) is 5.45. The number of benzene rings is 8. The summed E-state index contributed by atoms with van der Waals surface area (Å²) in [6, 6.07) is 61.1. The number of nitrogens with zero attached hydrogens (tertiary/aromatic N) is 2. The Morgan fingerprint density at radius 3 is 1.73 bits per heavy atom. The largest absolute Gasteiger partial charge is 0.456 e. The summed E-state index contributed by atoms with van der Waals surface area (Å²) in [5, 5.41) is 2.26. The third-order valence-corrected chi connectivity index (χ3v) is 14.5. The fraction of sp³-hybridized carbons (Fsp3) is 0.172. The molecule has 3 aliphatic rings. The van der Waals surface area contributed by atoms with Gasteiger partial charge >= 0.3 is 0 Å². The Kier molecular flexibility index (Phi) is 7.98. The van der Waals surface area contributed by atoms with Gasteiger partial charge in [0.15, 0.2) is 0 Å². The molecule has 0 spiro atoms. The molecule has 3 nitrogen and oxygen atoms in total. The number of fused-ring (bicyclic) bond motifs is 8. The molecule has 300 valence electrons. The Labute approximate surface area is 365 Å². The van der Waals surface area contributed by atoms with Gasteiger partial charge in [0.2, 0.25) is 0 Å². The molecule has 0 amide bonds. The zero-order valence-corrected chi connectivity index (χ0v) is 36.4. The molecule has 0 saturated heterocycles. The minimum Gasteiger partial charge on any atom is -0.456 e. The number of hydrogen-bond acceptors (Lipinski definition) is 3. The van der Waals surface area contributed by atoms with Crippen molar-refractivity contribution < 1.29 is 4.42 Å². The molecule has 1 aliphatic carbocycles. The van der Waals surface area contributed by atoms with Gasteiger partial charge < -0.3 is 14.2 Å². The monoisotopic (exact) mass is 800 g/mol. The van der Waals surface area contributed by atoms with Gasteiger partial charge in [0, 0.05) is 33.8 Å². The second kappa shape index (κ2) is 13.4. The van der Waals surface area contributed by atoms with Crippen molar-refractivity contribution in [3.05, 3.63) is 186 Å². The molecule has 8 aromatic carbocycles. The van der Waals surface area contributed by atoms with E-state index >= 15 is 0 Å². The summed E-state index contributed by atoms with van der Waals surface area (Å²) in [5.41, 5.74) is 23.5. The number of hydrogen-bond donors (Lipinski definition) is 0. The van der Waals surface area contributed by atoms with E-state index < -0.39 is 0 Å². The van der Waals surface area contributed by atoms with Crippen LogP contribution in [0.3, 0.4) is 0 Å². The first-order valence-corrected chi connectivity index (χ1v) is 22.3. The van der Waals surface area contributed by atoms with Crippen LogP contribution in [0.15, 0.2) is 168 Å². The fourth-order valence-corrected chi connectivity index (χ4v) is 11.2. The van der Waals surface area contributed by atoms with Crippen LogP contribution in [-0.4, -0.2) is 6.71 Å². The quantitative estimate of drug-likeness (QED) is 0.165. The maximum atomic E-state index is 6.58. The van der Waals surface area contributed by atoms with Crippen LogP contribution in [0.1, 0.15) is 62.8 Å². The van der Waals surface area contributed by atoms with Crippen LogP contribution in [0, 0.1) is 13.8 Å². The van der Waals surface area contributed by atoms with Gasteiger partial charge in [-0.15, -0.1) is 0 Å². The van der Waals surface area contributed by atoms with E-state index in [2.05, 4.69) is 215 Å². The number of para-hydroxylation sites is 1. The fourth-order valence-electron chi connectivity index (χ4n) is 11.2. The van der Waals surface area contributed by atoms with Gasteiger partial charge in [-0.25, -0.2) is 0 Å². The first-order chi connectivity index (χ1) is 30.1. The first kappa shape index (κ1) is 37.0. The number of rotatable bonds is 4.